The summed E-state index contributed by atoms with van der Waals surface area (Å²) in [5, 5.41) is 3.48. The minimum absolute atomic E-state index is 0.0436. The number of anilines is 1. The Bertz CT molecular complexity index is 467. The number of methoxy groups -OCH3 is 1. The second kappa shape index (κ2) is 6.23. The van der Waals surface area contributed by atoms with E-state index in [1.165, 1.54) is 0 Å². The van der Waals surface area contributed by atoms with Crippen LogP contribution in [0.2, 0.25) is 5.02 Å². The highest BCUT2D eigenvalue weighted by Crippen LogP contribution is 2.24. The van der Waals surface area contributed by atoms with Crippen LogP contribution >= 0.6 is 11.6 Å². The van der Waals surface area contributed by atoms with Gasteiger partial charge in [-0.05, 0) is 37.5 Å². The van der Waals surface area contributed by atoms with Gasteiger partial charge >= 0.3 is 0 Å². The van der Waals surface area contributed by atoms with Crippen molar-refractivity contribution in [2.24, 2.45) is 5.84 Å². The number of hydrazine groups is 1. The number of amides is 1. The van der Waals surface area contributed by atoms with Crippen LogP contribution in [0.3, 0.4) is 0 Å². The largest absolute Gasteiger partial charge is 0.379 e. The Morgan fingerprint density at radius 1 is 1.47 bits per heavy atom. The predicted octanol–water partition coefficient (Wildman–Crippen LogP) is 1.92. The molecule has 1 fully saturated rings. The molecule has 4 N–H and O–H groups in total. The zero-order chi connectivity index (χ0) is 13.8. The summed E-state index contributed by atoms with van der Waals surface area (Å²) < 4.78 is 5.36. The van der Waals surface area contributed by atoms with Crippen LogP contribution in [-0.2, 0) is 4.74 Å². The number of carbonyl (C=O) groups excluding carboxylic acids is 1. The van der Waals surface area contributed by atoms with Crippen LogP contribution in [0.15, 0.2) is 18.2 Å². The van der Waals surface area contributed by atoms with E-state index in [-0.39, 0.29) is 18.1 Å². The Hall–Kier alpha value is -1.30. The quantitative estimate of drug-likeness (QED) is 0.583. The maximum atomic E-state index is 12.3. The first-order chi connectivity index (χ1) is 9.15. The van der Waals surface area contributed by atoms with Gasteiger partial charge in [0.2, 0.25) is 0 Å². The van der Waals surface area contributed by atoms with Crippen molar-refractivity contribution in [2.75, 3.05) is 12.5 Å². The average Bonchev–Trinajstić information content (AvgIpc) is 2.85. The Labute approximate surface area is 117 Å². The van der Waals surface area contributed by atoms with E-state index in [1.807, 2.05) is 0 Å². The highest BCUT2D eigenvalue weighted by Gasteiger charge is 2.29. The lowest BCUT2D eigenvalue weighted by molar-refractivity contribution is 0.0722. The van der Waals surface area contributed by atoms with Crippen molar-refractivity contribution in [3.63, 3.8) is 0 Å². The van der Waals surface area contributed by atoms with Gasteiger partial charge in [-0.3, -0.25) is 10.6 Å². The minimum atomic E-state index is -0.190. The van der Waals surface area contributed by atoms with Crippen LogP contribution in [0.4, 0.5) is 5.69 Å². The fraction of sp³-hybridized carbons (Fsp3) is 0.462. The second-order valence-electron chi connectivity index (χ2n) is 4.62. The molecule has 19 heavy (non-hydrogen) atoms. The van der Waals surface area contributed by atoms with E-state index in [9.17, 15) is 4.79 Å². The molecule has 1 saturated carbocycles. The normalized spacial score (nSPS) is 22.3. The summed E-state index contributed by atoms with van der Waals surface area (Å²) in [7, 11) is 1.67. The molecule has 2 unspecified atom stereocenters. The fourth-order valence-corrected chi connectivity index (χ4v) is 2.62. The van der Waals surface area contributed by atoms with E-state index >= 15 is 0 Å². The SMILES string of the molecule is COC1CCCC1NC(=O)c1cc(Cl)ccc1NN. The van der Waals surface area contributed by atoms with E-state index < -0.39 is 0 Å². The van der Waals surface area contributed by atoms with Crippen LogP contribution in [0, 0.1) is 0 Å². The number of rotatable bonds is 4. The summed E-state index contributed by atoms with van der Waals surface area (Å²) in [6, 6.07) is 5.01. The number of hydrogen-bond donors (Lipinski definition) is 3. The first kappa shape index (κ1) is 14.1. The van der Waals surface area contributed by atoms with Crippen molar-refractivity contribution in [3.05, 3.63) is 28.8 Å². The van der Waals surface area contributed by atoms with E-state index in [0.717, 1.165) is 19.3 Å². The summed E-state index contributed by atoms with van der Waals surface area (Å²) >= 11 is 5.92. The first-order valence-electron chi connectivity index (χ1n) is 6.25. The van der Waals surface area contributed by atoms with Crippen LogP contribution in [0.1, 0.15) is 29.6 Å². The predicted molar refractivity (Wildman–Crippen MR) is 75.2 cm³/mol. The highest BCUT2D eigenvalue weighted by atomic mass is 35.5. The van der Waals surface area contributed by atoms with Gasteiger partial charge in [0, 0.05) is 12.1 Å². The van der Waals surface area contributed by atoms with Crippen molar-refractivity contribution in [3.8, 4) is 0 Å². The smallest absolute Gasteiger partial charge is 0.253 e. The number of halogens is 1. The number of nitrogens with one attached hydrogen (secondary N) is 2. The zero-order valence-electron chi connectivity index (χ0n) is 10.8. The van der Waals surface area contributed by atoms with Crippen LogP contribution < -0.4 is 16.6 Å². The average molecular weight is 284 g/mol. The molecule has 1 aliphatic carbocycles. The third-order valence-corrected chi connectivity index (χ3v) is 3.69. The molecule has 2 atom stereocenters. The van der Waals surface area contributed by atoms with Crippen LogP contribution in [0.25, 0.3) is 0 Å². The highest BCUT2D eigenvalue weighted by molar-refractivity contribution is 6.31. The van der Waals surface area contributed by atoms with Crippen molar-refractivity contribution in [1.82, 2.24) is 5.32 Å². The van der Waals surface area contributed by atoms with Gasteiger partial charge in [0.05, 0.1) is 23.4 Å². The number of ether oxygens (including phenoxy) is 1. The summed E-state index contributed by atoms with van der Waals surface area (Å²) in [5.74, 6) is 5.21. The molecular weight excluding hydrogens is 266 g/mol. The molecule has 5 nitrogen and oxygen atoms in total. The lowest BCUT2D eigenvalue weighted by atomic mass is 10.1. The standard InChI is InChI=1S/C13H18ClN3O2/c1-19-12-4-2-3-11(12)16-13(18)9-7-8(14)5-6-10(9)17-15/h5-7,11-12,17H,2-4,15H2,1H3,(H,16,18). The third-order valence-electron chi connectivity index (χ3n) is 3.45. The van der Waals surface area contributed by atoms with Gasteiger partial charge in [-0.2, -0.15) is 0 Å². The molecule has 0 spiro atoms. The topological polar surface area (TPSA) is 76.4 Å². The van der Waals surface area contributed by atoms with E-state index in [1.54, 1.807) is 25.3 Å². The van der Waals surface area contributed by atoms with Crippen molar-refractivity contribution >= 4 is 23.2 Å². The number of carbonyl (C=O) groups is 1. The third kappa shape index (κ3) is 3.18. The molecule has 6 heteroatoms. The Morgan fingerprint density at radius 2 is 2.26 bits per heavy atom. The summed E-state index contributed by atoms with van der Waals surface area (Å²) in [5.41, 5.74) is 3.49. The number of nitrogens with two attached hydrogens (primary N) is 1. The van der Waals surface area contributed by atoms with Gasteiger partial charge < -0.3 is 15.5 Å². The second-order valence-corrected chi connectivity index (χ2v) is 5.06. The molecule has 2 rings (SSSR count). The van der Waals surface area contributed by atoms with Gasteiger partial charge in [0.15, 0.2) is 0 Å². The Morgan fingerprint density at radius 3 is 2.95 bits per heavy atom. The van der Waals surface area contributed by atoms with E-state index in [2.05, 4.69) is 10.7 Å². The molecule has 0 heterocycles. The number of nitrogen functional groups attached to an aromatic ring is 1. The Kier molecular flexibility index (Phi) is 4.63. The van der Waals surface area contributed by atoms with E-state index in [4.69, 9.17) is 22.2 Å². The molecule has 0 aromatic heterocycles. The van der Waals surface area contributed by atoms with Gasteiger partial charge in [-0.1, -0.05) is 11.6 Å². The molecular formula is C13H18ClN3O2. The number of benzene rings is 1. The molecule has 1 aromatic rings. The van der Waals surface area contributed by atoms with Gasteiger partial charge in [0.25, 0.3) is 5.91 Å². The molecule has 0 bridgehead atoms. The van der Waals surface area contributed by atoms with Crippen molar-refractivity contribution in [2.45, 2.75) is 31.4 Å². The molecule has 1 amide bonds. The minimum Gasteiger partial charge on any atom is -0.379 e. The summed E-state index contributed by atoms with van der Waals surface area (Å²) in [6.07, 6.45) is 3.04. The lowest BCUT2D eigenvalue weighted by Gasteiger charge is -2.20. The molecule has 0 saturated heterocycles. The zero-order valence-corrected chi connectivity index (χ0v) is 11.5. The molecule has 1 aromatic carbocycles. The maximum Gasteiger partial charge on any atom is 0.253 e. The fourth-order valence-electron chi connectivity index (χ4n) is 2.45. The molecule has 0 aliphatic heterocycles. The monoisotopic (exact) mass is 283 g/mol. The van der Waals surface area contributed by atoms with Crippen LogP contribution in [-0.4, -0.2) is 25.2 Å². The van der Waals surface area contributed by atoms with Gasteiger partial charge in [0.1, 0.15) is 0 Å². The van der Waals surface area contributed by atoms with Gasteiger partial charge in [-0.15, -0.1) is 0 Å². The van der Waals surface area contributed by atoms with Crippen molar-refractivity contribution < 1.29 is 9.53 Å². The summed E-state index contributed by atoms with van der Waals surface area (Å²) in [6.45, 7) is 0. The molecule has 1 aliphatic rings. The number of hydrogen-bond acceptors (Lipinski definition) is 4. The van der Waals surface area contributed by atoms with Gasteiger partial charge in [-0.25, -0.2) is 0 Å². The molecule has 104 valence electrons. The molecule has 0 radical (unpaired) electrons. The summed E-state index contributed by atoms with van der Waals surface area (Å²) in [4.78, 5) is 12.3. The lowest BCUT2D eigenvalue weighted by Crippen LogP contribution is -2.41. The van der Waals surface area contributed by atoms with Crippen LogP contribution in [0.5, 0.6) is 0 Å². The van der Waals surface area contributed by atoms with Crippen molar-refractivity contribution in [1.29, 1.82) is 0 Å². The maximum absolute atomic E-state index is 12.3. The van der Waals surface area contributed by atoms with E-state index in [0.29, 0.717) is 16.3 Å². The Balaban J connectivity index is 2.13. The first-order valence-corrected chi connectivity index (χ1v) is 6.63.